The lowest BCUT2D eigenvalue weighted by Crippen LogP contribution is -2.48. The van der Waals surface area contributed by atoms with E-state index in [1.807, 2.05) is 0 Å². The Morgan fingerprint density at radius 1 is 1.27 bits per heavy atom. The van der Waals surface area contributed by atoms with Crippen LogP contribution in [0.2, 0.25) is 0 Å². The minimum absolute atomic E-state index is 0.0901. The second kappa shape index (κ2) is 6.22. The van der Waals surface area contributed by atoms with Crippen molar-refractivity contribution in [1.82, 2.24) is 20.6 Å². The number of hydrazine groups is 1. The van der Waals surface area contributed by atoms with Crippen molar-refractivity contribution in [2.45, 2.75) is 0 Å². The van der Waals surface area contributed by atoms with Crippen LogP contribution in [0.15, 0.2) is 16.8 Å². The quantitative estimate of drug-likeness (QED) is 0.435. The van der Waals surface area contributed by atoms with Gasteiger partial charge in [0.05, 0.1) is 10.6 Å². The van der Waals surface area contributed by atoms with Crippen molar-refractivity contribution in [1.29, 1.82) is 0 Å². The molecule has 1 fully saturated rings. The van der Waals surface area contributed by atoms with Gasteiger partial charge in [0.2, 0.25) is 5.52 Å². The number of non-ortho nitro benzene ring substituents is 1. The van der Waals surface area contributed by atoms with E-state index in [9.17, 15) is 10.1 Å². The fraction of sp³-hybridized carbons (Fsp3) is 0.500. The summed E-state index contributed by atoms with van der Waals surface area (Å²) in [6, 6.07) is 3.16. The molecule has 0 saturated carbocycles. The third kappa shape index (κ3) is 2.71. The third-order valence-electron chi connectivity index (χ3n) is 3.85. The van der Waals surface area contributed by atoms with Crippen LogP contribution in [0.1, 0.15) is 0 Å². The van der Waals surface area contributed by atoms with Crippen LogP contribution in [0.25, 0.3) is 11.0 Å². The molecule has 3 N–H and O–H groups in total. The Hall–Kier alpha value is -2.30. The zero-order valence-corrected chi connectivity index (χ0v) is 11.9. The van der Waals surface area contributed by atoms with Gasteiger partial charge in [-0.1, -0.05) is 0 Å². The molecule has 0 amide bonds. The van der Waals surface area contributed by atoms with Gasteiger partial charge in [-0.05, 0) is 16.4 Å². The molecule has 118 valence electrons. The van der Waals surface area contributed by atoms with Gasteiger partial charge < -0.3 is 4.90 Å². The molecule has 2 aromatic rings. The van der Waals surface area contributed by atoms with Crippen molar-refractivity contribution in [2.24, 2.45) is 5.84 Å². The molecule has 10 nitrogen and oxygen atoms in total. The Labute approximate surface area is 125 Å². The first-order chi connectivity index (χ1) is 10.7. The van der Waals surface area contributed by atoms with Crippen LogP contribution in [-0.4, -0.2) is 59.4 Å². The van der Waals surface area contributed by atoms with E-state index >= 15 is 0 Å². The molecule has 0 radical (unpaired) electrons. The normalized spacial score (nSPS) is 16.3. The lowest BCUT2D eigenvalue weighted by atomic mass is 10.2. The first-order valence-electron chi connectivity index (χ1n) is 7.01. The zero-order chi connectivity index (χ0) is 15.5. The van der Waals surface area contributed by atoms with Gasteiger partial charge in [0, 0.05) is 45.3 Å². The summed E-state index contributed by atoms with van der Waals surface area (Å²) in [7, 11) is 0. The minimum atomic E-state index is -0.478. The lowest BCUT2D eigenvalue weighted by molar-refractivity contribution is -0.383. The van der Waals surface area contributed by atoms with Gasteiger partial charge >= 0.3 is 5.69 Å². The maximum Gasteiger partial charge on any atom is 0.300 e. The van der Waals surface area contributed by atoms with Crippen LogP contribution in [0, 0.1) is 10.1 Å². The average Bonchev–Trinajstić information content (AvgIpc) is 3.02. The van der Waals surface area contributed by atoms with Crippen LogP contribution < -0.4 is 16.2 Å². The Kier molecular flexibility index (Phi) is 4.13. The summed E-state index contributed by atoms with van der Waals surface area (Å²) in [5.41, 5.74) is 4.00. The Morgan fingerprint density at radius 3 is 2.68 bits per heavy atom. The van der Waals surface area contributed by atoms with Crippen molar-refractivity contribution in [3.05, 3.63) is 22.2 Å². The molecule has 0 unspecified atom stereocenters. The van der Waals surface area contributed by atoms with Crippen molar-refractivity contribution in [3.8, 4) is 0 Å². The lowest BCUT2D eigenvalue weighted by Gasteiger charge is -2.35. The number of hydrogen-bond acceptors (Lipinski definition) is 9. The predicted molar refractivity (Wildman–Crippen MR) is 79.3 cm³/mol. The summed E-state index contributed by atoms with van der Waals surface area (Å²) >= 11 is 0. The van der Waals surface area contributed by atoms with Crippen molar-refractivity contribution in [3.63, 3.8) is 0 Å². The van der Waals surface area contributed by atoms with E-state index in [0.29, 0.717) is 5.52 Å². The fourth-order valence-electron chi connectivity index (χ4n) is 2.68. The van der Waals surface area contributed by atoms with Crippen molar-refractivity contribution in [2.75, 3.05) is 44.2 Å². The monoisotopic (exact) mass is 307 g/mol. The van der Waals surface area contributed by atoms with Crippen LogP contribution >= 0.6 is 0 Å². The van der Waals surface area contributed by atoms with E-state index in [2.05, 4.69) is 25.5 Å². The number of benzene rings is 1. The van der Waals surface area contributed by atoms with E-state index in [1.165, 1.54) is 6.07 Å². The molecule has 1 aromatic carbocycles. The van der Waals surface area contributed by atoms with E-state index in [0.717, 1.165) is 45.0 Å². The highest BCUT2D eigenvalue weighted by Crippen LogP contribution is 2.31. The molecule has 0 bridgehead atoms. The van der Waals surface area contributed by atoms with Crippen LogP contribution in [0.3, 0.4) is 0 Å². The number of nitro groups is 1. The summed E-state index contributed by atoms with van der Waals surface area (Å²) in [4.78, 5) is 15.0. The van der Waals surface area contributed by atoms with Crippen molar-refractivity contribution >= 4 is 22.4 Å². The molecule has 0 atom stereocenters. The molecule has 3 rings (SSSR count). The van der Waals surface area contributed by atoms with Gasteiger partial charge in [0.15, 0.2) is 5.52 Å². The number of fused-ring (bicyclic) bond motifs is 1. The smallest absolute Gasteiger partial charge is 0.300 e. The molecular weight excluding hydrogens is 290 g/mol. The van der Waals surface area contributed by atoms with E-state index in [4.69, 9.17) is 10.5 Å². The molecule has 0 aliphatic carbocycles. The molecule has 10 heteroatoms. The maximum absolute atomic E-state index is 11.0. The summed E-state index contributed by atoms with van der Waals surface area (Å²) in [6.45, 7) is 5.05. The molecule has 22 heavy (non-hydrogen) atoms. The number of nitrogens with two attached hydrogens (primary N) is 1. The summed E-state index contributed by atoms with van der Waals surface area (Å²) in [5, 5.41) is 18.5. The zero-order valence-electron chi connectivity index (χ0n) is 11.9. The van der Waals surface area contributed by atoms with E-state index < -0.39 is 4.92 Å². The Balaban J connectivity index is 1.79. The first-order valence-corrected chi connectivity index (χ1v) is 7.01. The van der Waals surface area contributed by atoms with Crippen LogP contribution in [0.5, 0.6) is 0 Å². The second-order valence-corrected chi connectivity index (χ2v) is 5.11. The van der Waals surface area contributed by atoms with Gasteiger partial charge in [-0.2, -0.15) is 0 Å². The Morgan fingerprint density at radius 2 is 2.00 bits per heavy atom. The van der Waals surface area contributed by atoms with Crippen LogP contribution in [-0.2, 0) is 0 Å². The topological polar surface area (TPSA) is 127 Å². The average molecular weight is 307 g/mol. The number of aromatic nitrogens is 2. The first kappa shape index (κ1) is 14.6. The Bertz CT molecular complexity index is 666. The van der Waals surface area contributed by atoms with Gasteiger partial charge in [-0.15, -0.1) is 0 Å². The van der Waals surface area contributed by atoms with E-state index in [1.54, 1.807) is 6.07 Å². The van der Waals surface area contributed by atoms with Gasteiger partial charge in [-0.3, -0.25) is 26.3 Å². The number of hydrogen-bond donors (Lipinski definition) is 2. The van der Waals surface area contributed by atoms with Gasteiger partial charge in [0.1, 0.15) is 0 Å². The van der Waals surface area contributed by atoms with Crippen molar-refractivity contribution < 1.29 is 9.55 Å². The molecule has 1 aromatic heterocycles. The number of rotatable bonds is 5. The minimum Gasteiger partial charge on any atom is -0.367 e. The van der Waals surface area contributed by atoms with Crippen LogP contribution in [0.4, 0.5) is 11.4 Å². The molecule has 0 spiro atoms. The fourth-order valence-corrected chi connectivity index (χ4v) is 2.68. The molecule has 1 aliphatic rings. The van der Waals surface area contributed by atoms with E-state index in [-0.39, 0.29) is 11.2 Å². The maximum atomic E-state index is 11.0. The SMILES string of the molecule is NNCCN1CCN(c2ccc([N+](=O)[O-])c3nonc23)CC1. The number of nitro benzene ring substituents is 1. The number of piperazine rings is 1. The standard InChI is InChI=1S/C12H17N7O3/c13-14-3-4-17-5-7-18(8-6-17)9-1-2-10(19(20)21)12-11(9)15-22-16-12/h1-2,14H,3-8,13H2. The summed E-state index contributed by atoms with van der Waals surface area (Å²) < 4.78 is 4.70. The molecule has 1 aliphatic heterocycles. The molecular formula is C12H17N7O3. The van der Waals surface area contributed by atoms with Gasteiger partial charge in [0.25, 0.3) is 0 Å². The van der Waals surface area contributed by atoms with Gasteiger partial charge in [-0.25, -0.2) is 4.63 Å². The highest BCUT2D eigenvalue weighted by molar-refractivity contribution is 5.93. The highest BCUT2D eigenvalue weighted by atomic mass is 16.6. The predicted octanol–water partition coefficient (Wildman–Crippen LogP) is -0.284. The summed E-state index contributed by atoms with van der Waals surface area (Å²) in [5.74, 6) is 5.29. The number of nitrogens with zero attached hydrogens (tertiary/aromatic N) is 5. The third-order valence-corrected chi connectivity index (χ3v) is 3.85. The summed E-state index contributed by atoms with van der Waals surface area (Å²) in [6.07, 6.45) is 0. The largest absolute Gasteiger partial charge is 0.367 e. The molecule has 2 heterocycles. The highest BCUT2D eigenvalue weighted by Gasteiger charge is 2.24. The molecule has 1 saturated heterocycles. The second-order valence-electron chi connectivity index (χ2n) is 5.11. The number of anilines is 1. The number of nitrogens with one attached hydrogen (secondary N) is 1.